The fraction of sp³-hybridized carbons (Fsp3) is 0.500. The average molecular weight is 246 g/mol. The Morgan fingerprint density at radius 1 is 1.44 bits per heavy atom. The number of carbonyl (C=O) groups is 1. The zero-order valence-corrected chi connectivity index (χ0v) is 11.3. The molecule has 0 saturated carbocycles. The molecule has 0 spiro atoms. The number of hydrogen-bond donors (Lipinski definition) is 0. The van der Waals surface area contributed by atoms with Gasteiger partial charge in [-0.2, -0.15) is 0 Å². The van der Waals surface area contributed by atoms with Gasteiger partial charge in [-0.15, -0.1) is 4.98 Å². The van der Waals surface area contributed by atoms with Crippen LogP contribution in [0.15, 0.2) is 12.1 Å². The van der Waals surface area contributed by atoms with Gasteiger partial charge in [0.2, 0.25) is 0 Å². The van der Waals surface area contributed by atoms with Crippen LogP contribution in [0.3, 0.4) is 0 Å². The number of carbonyl (C=O) groups excluding carboxylic acids is 1. The van der Waals surface area contributed by atoms with Crippen molar-refractivity contribution in [2.75, 3.05) is 0 Å². The Morgan fingerprint density at radius 3 is 2.67 bits per heavy atom. The van der Waals surface area contributed by atoms with Gasteiger partial charge < -0.3 is 9.58 Å². The highest BCUT2D eigenvalue weighted by Gasteiger charge is 2.16. The third-order valence-electron chi connectivity index (χ3n) is 2.15. The van der Waals surface area contributed by atoms with E-state index >= 15 is 0 Å². The Kier molecular flexibility index (Phi) is 4.43. The van der Waals surface area contributed by atoms with E-state index in [9.17, 15) is 4.79 Å². The standard InChI is InChI=1S/C14H18N2O2/c1-10-8-11(9-12(15-5)16-10)6-7-13(17)18-14(2,3)4/h8-9H,6-7H2,1-4H3. The second-order valence-electron chi connectivity index (χ2n) is 5.17. The summed E-state index contributed by atoms with van der Waals surface area (Å²) >= 11 is 0. The Bertz CT molecular complexity index is 482. The molecule has 4 nitrogen and oxygen atoms in total. The van der Waals surface area contributed by atoms with Gasteiger partial charge in [0.05, 0.1) is 0 Å². The SMILES string of the molecule is [C-]#[N+]c1cc(CCC(=O)OC(C)(C)C)cc(C)n1. The molecule has 4 heteroatoms. The highest BCUT2D eigenvalue weighted by Crippen LogP contribution is 2.15. The van der Waals surface area contributed by atoms with Crippen molar-refractivity contribution >= 4 is 11.8 Å². The molecule has 0 fully saturated rings. The second-order valence-corrected chi connectivity index (χ2v) is 5.17. The summed E-state index contributed by atoms with van der Waals surface area (Å²) in [5.74, 6) is 0.149. The molecule has 0 unspecified atom stereocenters. The van der Waals surface area contributed by atoms with Crippen LogP contribution in [-0.4, -0.2) is 16.6 Å². The highest BCUT2D eigenvalue weighted by molar-refractivity contribution is 5.70. The molecule has 1 aromatic rings. The van der Waals surface area contributed by atoms with E-state index in [2.05, 4.69) is 9.83 Å². The number of nitrogens with zero attached hydrogens (tertiary/aromatic N) is 2. The van der Waals surface area contributed by atoms with Crippen LogP contribution in [0.4, 0.5) is 5.82 Å². The van der Waals surface area contributed by atoms with Crippen LogP contribution in [-0.2, 0) is 16.0 Å². The smallest absolute Gasteiger partial charge is 0.306 e. The van der Waals surface area contributed by atoms with Crippen molar-refractivity contribution in [1.29, 1.82) is 0 Å². The number of ether oxygens (including phenoxy) is 1. The zero-order valence-electron chi connectivity index (χ0n) is 11.3. The topological polar surface area (TPSA) is 43.5 Å². The van der Waals surface area contributed by atoms with Crippen LogP contribution in [0.25, 0.3) is 4.85 Å². The summed E-state index contributed by atoms with van der Waals surface area (Å²) in [6.45, 7) is 14.3. The molecule has 0 aliphatic rings. The van der Waals surface area contributed by atoms with Gasteiger partial charge in [-0.1, -0.05) is 12.1 Å². The molecule has 0 amide bonds. The van der Waals surface area contributed by atoms with E-state index in [0.717, 1.165) is 11.3 Å². The summed E-state index contributed by atoms with van der Waals surface area (Å²) in [4.78, 5) is 18.9. The Morgan fingerprint density at radius 2 is 2.11 bits per heavy atom. The summed E-state index contributed by atoms with van der Waals surface area (Å²) in [6, 6.07) is 3.60. The van der Waals surface area contributed by atoms with E-state index in [1.807, 2.05) is 33.8 Å². The Labute approximate surface area is 108 Å². The molecule has 0 N–H and O–H groups in total. The summed E-state index contributed by atoms with van der Waals surface area (Å²) in [7, 11) is 0. The Hall–Kier alpha value is -1.89. The average Bonchev–Trinajstić information content (AvgIpc) is 2.23. The van der Waals surface area contributed by atoms with Crippen molar-refractivity contribution in [2.45, 2.75) is 46.1 Å². The van der Waals surface area contributed by atoms with Crippen molar-refractivity contribution in [1.82, 2.24) is 4.98 Å². The minimum absolute atomic E-state index is 0.221. The Balaban J connectivity index is 2.62. The zero-order chi connectivity index (χ0) is 13.8. The largest absolute Gasteiger partial charge is 0.460 e. The van der Waals surface area contributed by atoms with Gasteiger partial charge in [-0.25, -0.2) is 0 Å². The van der Waals surface area contributed by atoms with E-state index < -0.39 is 5.60 Å². The molecule has 1 heterocycles. The quantitative estimate of drug-likeness (QED) is 0.607. The molecule has 1 aromatic heterocycles. The van der Waals surface area contributed by atoms with Gasteiger partial charge in [0.1, 0.15) is 11.3 Å². The first-order valence-corrected chi connectivity index (χ1v) is 5.87. The van der Waals surface area contributed by atoms with Crippen molar-refractivity contribution in [3.05, 3.63) is 34.8 Å². The third-order valence-corrected chi connectivity index (χ3v) is 2.15. The summed E-state index contributed by atoms with van der Waals surface area (Å²) in [6.07, 6.45) is 0.888. The first kappa shape index (κ1) is 14.2. The highest BCUT2D eigenvalue weighted by atomic mass is 16.6. The molecule has 0 aromatic carbocycles. The summed E-state index contributed by atoms with van der Waals surface area (Å²) < 4.78 is 5.23. The maximum atomic E-state index is 11.6. The number of aryl methyl sites for hydroxylation is 2. The van der Waals surface area contributed by atoms with Crippen molar-refractivity contribution in [3.8, 4) is 0 Å². The lowest BCUT2D eigenvalue weighted by Crippen LogP contribution is -2.24. The third kappa shape index (κ3) is 4.96. The van der Waals surface area contributed by atoms with E-state index in [-0.39, 0.29) is 5.97 Å². The number of esters is 1. The molecule has 0 atom stereocenters. The molecule has 0 aliphatic carbocycles. The maximum Gasteiger partial charge on any atom is 0.306 e. The lowest BCUT2D eigenvalue weighted by Gasteiger charge is -2.19. The molecule has 0 bridgehead atoms. The number of rotatable bonds is 3. The van der Waals surface area contributed by atoms with Crippen molar-refractivity contribution in [2.24, 2.45) is 0 Å². The molecule has 0 saturated heterocycles. The first-order valence-electron chi connectivity index (χ1n) is 5.87. The second kappa shape index (κ2) is 5.63. The first-order chi connectivity index (χ1) is 8.30. The van der Waals surface area contributed by atoms with Crippen LogP contribution >= 0.6 is 0 Å². The molecule has 0 radical (unpaired) electrons. The predicted molar refractivity (Wildman–Crippen MR) is 69.4 cm³/mol. The minimum Gasteiger partial charge on any atom is -0.460 e. The normalized spacial score (nSPS) is 10.8. The summed E-state index contributed by atoms with van der Waals surface area (Å²) in [5, 5.41) is 0. The van der Waals surface area contributed by atoms with E-state index in [0.29, 0.717) is 18.7 Å². The van der Waals surface area contributed by atoms with Gasteiger partial charge in [-0.05, 0) is 39.3 Å². The van der Waals surface area contributed by atoms with Crippen LogP contribution in [0, 0.1) is 13.5 Å². The fourth-order valence-corrected chi connectivity index (χ4v) is 1.56. The van der Waals surface area contributed by atoms with E-state index in [1.54, 1.807) is 6.07 Å². The van der Waals surface area contributed by atoms with Crippen LogP contribution in [0.2, 0.25) is 0 Å². The minimum atomic E-state index is -0.451. The molecule has 0 aliphatic heterocycles. The van der Waals surface area contributed by atoms with Crippen molar-refractivity contribution in [3.63, 3.8) is 0 Å². The maximum absolute atomic E-state index is 11.6. The van der Waals surface area contributed by atoms with Crippen LogP contribution < -0.4 is 0 Å². The van der Waals surface area contributed by atoms with Gasteiger partial charge in [-0.3, -0.25) is 4.79 Å². The molecule has 18 heavy (non-hydrogen) atoms. The lowest BCUT2D eigenvalue weighted by atomic mass is 10.1. The fourth-order valence-electron chi connectivity index (χ4n) is 1.56. The van der Waals surface area contributed by atoms with E-state index in [1.165, 1.54) is 0 Å². The number of aromatic nitrogens is 1. The number of pyridine rings is 1. The predicted octanol–water partition coefficient (Wildman–Crippen LogP) is 3.22. The van der Waals surface area contributed by atoms with Gasteiger partial charge in [0.15, 0.2) is 0 Å². The van der Waals surface area contributed by atoms with Crippen LogP contribution in [0.5, 0.6) is 0 Å². The molecular weight excluding hydrogens is 228 g/mol. The van der Waals surface area contributed by atoms with Gasteiger partial charge in [0, 0.05) is 13.3 Å². The monoisotopic (exact) mass is 246 g/mol. The van der Waals surface area contributed by atoms with Gasteiger partial charge >= 0.3 is 5.97 Å². The van der Waals surface area contributed by atoms with Crippen molar-refractivity contribution < 1.29 is 9.53 Å². The summed E-state index contributed by atoms with van der Waals surface area (Å²) in [5.41, 5.74) is 1.29. The molecular formula is C14H18N2O2. The molecule has 1 rings (SSSR count). The van der Waals surface area contributed by atoms with Gasteiger partial charge in [0.25, 0.3) is 5.82 Å². The lowest BCUT2D eigenvalue weighted by molar-refractivity contribution is -0.154. The molecule has 96 valence electrons. The van der Waals surface area contributed by atoms with E-state index in [4.69, 9.17) is 11.3 Å². The van der Waals surface area contributed by atoms with Crippen LogP contribution in [0.1, 0.15) is 38.4 Å². The number of hydrogen-bond acceptors (Lipinski definition) is 3.